The number of urea groups is 1. The Bertz CT molecular complexity index is 1060. The van der Waals surface area contributed by atoms with E-state index in [0.29, 0.717) is 37.0 Å². The summed E-state index contributed by atoms with van der Waals surface area (Å²) in [4.78, 5) is 43.3. The summed E-state index contributed by atoms with van der Waals surface area (Å²) < 4.78 is 40.3. The van der Waals surface area contributed by atoms with Crippen LogP contribution in [0.25, 0.3) is 0 Å². The Hall–Kier alpha value is -2.82. The highest BCUT2D eigenvalue weighted by Crippen LogP contribution is 2.37. The number of nitrogens with one attached hydrogen (secondary N) is 3. The van der Waals surface area contributed by atoms with Gasteiger partial charge in [0.05, 0.1) is 16.8 Å². The molecule has 8 nitrogen and oxygen atoms in total. The van der Waals surface area contributed by atoms with Crippen molar-refractivity contribution in [3.63, 3.8) is 0 Å². The van der Waals surface area contributed by atoms with Crippen molar-refractivity contribution in [2.75, 3.05) is 18.9 Å². The lowest BCUT2D eigenvalue weighted by Crippen LogP contribution is -2.51. The highest BCUT2D eigenvalue weighted by Gasteiger charge is 2.43. The molecule has 1 saturated carbocycles. The third-order valence-corrected chi connectivity index (χ3v) is 8.17. The van der Waals surface area contributed by atoms with E-state index in [0.717, 1.165) is 44.2 Å². The van der Waals surface area contributed by atoms with Crippen LogP contribution in [0.15, 0.2) is 18.2 Å². The number of nitrogens with zero attached hydrogens (tertiary/aromatic N) is 2. The summed E-state index contributed by atoms with van der Waals surface area (Å²) in [5, 5.41) is 7.71. The van der Waals surface area contributed by atoms with Crippen LogP contribution in [0.5, 0.6) is 0 Å². The van der Waals surface area contributed by atoms with Gasteiger partial charge >= 0.3 is 12.2 Å². The maximum Gasteiger partial charge on any atom is 0.416 e. The van der Waals surface area contributed by atoms with Gasteiger partial charge in [-0.05, 0) is 91.0 Å². The fraction of sp³-hybridized carbons (Fsp3) is 0.690. The highest BCUT2D eigenvalue weighted by molar-refractivity contribution is 6.05. The molecule has 1 aromatic carbocycles. The Kier molecular flexibility index (Phi) is 10.5. The highest BCUT2D eigenvalue weighted by atomic mass is 19.4. The van der Waals surface area contributed by atoms with Gasteiger partial charge in [0.1, 0.15) is 6.04 Å². The summed E-state index contributed by atoms with van der Waals surface area (Å²) in [6.45, 7) is 10.5. The van der Waals surface area contributed by atoms with Gasteiger partial charge in [0, 0.05) is 30.7 Å². The molecule has 0 bridgehead atoms. The maximum atomic E-state index is 13.5. The maximum absolute atomic E-state index is 13.5. The van der Waals surface area contributed by atoms with Crippen LogP contribution in [-0.4, -0.2) is 71.4 Å². The molecule has 40 heavy (non-hydrogen) atoms. The predicted molar refractivity (Wildman–Crippen MR) is 149 cm³/mol. The van der Waals surface area contributed by atoms with Gasteiger partial charge in [-0.15, -0.1) is 0 Å². The SMILES string of the molecule is CCC[C@@H]1C[C@H](N(C)C(C)C)CC[C@@H]1N1CC[C@H](NC(=O)c2cc(C(F)(F)F)ccc2NC(=O)NC(C)C)C1=O. The molecule has 0 spiro atoms. The van der Waals surface area contributed by atoms with E-state index in [1.165, 1.54) is 0 Å². The average Bonchev–Trinajstić information content (AvgIpc) is 3.22. The number of likely N-dealkylation sites (tertiary alicyclic amines) is 1. The van der Waals surface area contributed by atoms with E-state index in [4.69, 9.17) is 0 Å². The van der Waals surface area contributed by atoms with Crippen LogP contribution in [0.3, 0.4) is 0 Å². The van der Waals surface area contributed by atoms with E-state index in [1.807, 2.05) is 4.90 Å². The fourth-order valence-electron chi connectivity index (χ4n) is 5.95. The molecule has 0 unspecified atom stereocenters. The Morgan fingerprint density at radius 3 is 2.42 bits per heavy atom. The number of alkyl halides is 3. The lowest BCUT2D eigenvalue weighted by Gasteiger charge is -2.44. The Morgan fingerprint density at radius 1 is 1.12 bits per heavy atom. The first-order valence-electron chi connectivity index (χ1n) is 14.3. The molecule has 1 aliphatic carbocycles. The van der Waals surface area contributed by atoms with Crippen molar-refractivity contribution in [2.24, 2.45) is 5.92 Å². The first-order chi connectivity index (χ1) is 18.7. The minimum Gasteiger partial charge on any atom is -0.340 e. The van der Waals surface area contributed by atoms with Gasteiger partial charge in [-0.2, -0.15) is 13.2 Å². The third kappa shape index (κ3) is 7.67. The molecule has 11 heteroatoms. The van der Waals surface area contributed by atoms with Crippen molar-refractivity contribution in [1.82, 2.24) is 20.4 Å². The Labute approximate surface area is 235 Å². The number of carbonyl (C=O) groups is 3. The summed E-state index contributed by atoms with van der Waals surface area (Å²) in [5.41, 5.74) is -1.43. The van der Waals surface area contributed by atoms with Crippen LogP contribution in [-0.2, 0) is 11.0 Å². The molecule has 1 saturated heterocycles. The van der Waals surface area contributed by atoms with E-state index < -0.39 is 29.7 Å². The largest absolute Gasteiger partial charge is 0.416 e. The smallest absolute Gasteiger partial charge is 0.340 e. The molecule has 4 atom stereocenters. The zero-order valence-electron chi connectivity index (χ0n) is 24.4. The van der Waals surface area contributed by atoms with Crippen molar-refractivity contribution in [3.05, 3.63) is 29.3 Å². The first-order valence-corrected chi connectivity index (χ1v) is 14.3. The number of anilines is 1. The summed E-state index contributed by atoms with van der Waals surface area (Å²) in [5.74, 6) is -0.685. The number of carbonyl (C=O) groups excluding carboxylic acids is 3. The fourth-order valence-corrected chi connectivity index (χ4v) is 5.95. The van der Waals surface area contributed by atoms with Gasteiger partial charge in [0.2, 0.25) is 5.91 Å². The van der Waals surface area contributed by atoms with Crippen LogP contribution in [0.1, 0.15) is 89.1 Å². The van der Waals surface area contributed by atoms with Gasteiger partial charge in [-0.3, -0.25) is 9.59 Å². The van der Waals surface area contributed by atoms with Crippen molar-refractivity contribution in [2.45, 2.75) is 110 Å². The zero-order chi connectivity index (χ0) is 29.8. The van der Waals surface area contributed by atoms with E-state index in [-0.39, 0.29) is 29.2 Å². The number of hydrogen-bond donors (Lipinski definition) is 3. The number of halogens is 3. The van der Waals surface area contributed by atoms with Crippen molar-refractivity contribution in [1.29, 1.82) is 0 Å². The average molecular weight is 568 g/mol. The standard InChI is InChI=1S/C29H44F3N5O3/c1-7-8-19-15-21(36(6)18(4)5)10-12-25(19)37-14-13-24(27(37)39)34-26(38)22-16-20(29(30,31)32)9-11-23(22)35-28(40)33-17(2)3/h9,11,16-19,21,24-25H,7-8,10,12-15H2,1-6H3,(H,34,38)(H2,33,35,40)/t19-,21-,24+,25+/m1/s1. The second kappa shape index (κ2) is 13.2. The molecule has 1 aromatic rings. The van der Waals surface area contributed by atoms with Gasteiger partial charge in [-0.1, -0.05) is 13.3 Å². The summed E-state index contributed by atoms with van der Waals surface area (Å²) in [6.07, 6.45) is 0.591. The summed E-state index contributed by atoms with van der Waals surface area (Å²) in [7, 11) is 2.15. The van der Waals surface area contributed by atoms with Crippen molar-refractivity contribution < 1.29 is 27.6 Å². The molecule has 0 radical (unpaired) electrons. The number of benzene rings is 1. The topological polar surface area (TPSA) is 93.8 Å². The molecule has 3 N–H and O–H groups in total. The van der Waals surface area contributed by atoms with Crippen LogP contribution >= 0.6 is 0 Å². The van der Waals surface area contributed by atoms with Crippen LogP contribution in [0.2, 0.25) is 0 Å². The minimum absolute atomic E-state index is 0.0680. The molecular formula is C29H44F3N5O3. The van der Waals surface area contributed by atoms with Crippen LogP contribution in [0, 0.1) is 5.92 Å². The second-order valence-electron chi connectivity index (χ2n) is 11.7. The number of rotatable bonds is 9. The molecule has 2 aliphatic rings. The second-order valence-corrected chi connectivity index (χ2v) is 11.7. The molecule has 4 amide bonds. The van der Waals surface area contributed by atoms with Crippen LogP contribution in [0.4, 0.5) is 23.7 Å². The normalized spacial score (nSPS) is 23.7. The van der Waals surface area contributed by atoms with Crippen molar-refractivity contribution >= 4 is 23.5 Å². The Morgan fingerprint density at radius 2 is 1.82 bits per heavy atom. The molecule has 0 aromatic heterocycles. The minimum atomic E-state index is -4.68. The quantitative estimate of drug-likeness (QED) is 0.380. The monoisotopic (exact) mass is 567 g/mol. The van der Waals surface area contributed by atoms with E-state index in [2.05, 4.69) is 48.7 Å². The predicted octanol–water partition coefficient (Wildman–Crippen LogP) is 5.24. The third-order valence-electron chi connectivity index (χ3n) is 8.17. The van der Waals surface area contributed by atoms with E-state index in [9.17, 15) is 27.6 Å². The molecule has 1 heterocycles. The van der Waals surface area contributed by atoms with E-state index >= 15 is 0 Å². The van der Waals surface area contributed by atoms with E-state index in [1.54, 1.807) is 13.8 Å². The van der Waals surface area contributed by atoms with Crippen molar-refractivity contribution in [3.8, 4) is 0 Å². The lowest BCUT2D eigenvalue weighted by atomic mass is 9.77. The lowest BCUT2D eigenvalue weighted by molar-refractivity contribution is -0.137. The molecule has 224 valence electrons. The Balaban J connectivity index is 1.76. The number of hydrogen-bond acceptors (Lipinski definition) is 4. The summed E-state index contributed by atoms with van der Waals surface area (Å²) in [6, 6.07) is 1.85. The molecule has 3 rings (SSSR count). The van der Waals surface area contributed by atoms with Gasteiger partial charge in [0.25, 0.3) is 5.91 Å². The van der Waals surface area contributed by atoms with Crippen LogP contribution < -0.4 is 16.0 Å². The van der Waals surface area contributed by atoms with Gasteiger partial charge < -0.3 is 25.8 Å². The molecule has 1 aliphatic heterocycles. The molecule has 2 fully saturated rings. The number of amides is 4. The first kappa shape index (κ1) is 31.7. The molecular weight excluding hydrogens is 523 g/mol. The zero-order valence-corrected chi connectivity index (χ0v) is 24.4. The van der Waals surface area contributed by atoms with Gasteiger partial charge in [-0.25, -0.2) is 4.79 Å². The summed E-state index contributed by atoms with van der Waals surface area (Å²) >= 11 is 0. The van der Waals surface area contributed by atoms with Gasteiger partial charge in [0.15, 0.2) is 0 Å².